The molecule has 1 saturated heterocycles. The lowest BCUT2D eigenvalue weighted by molar-refractivity contribution is 0.122. The number of pyridine rings is 1. The fourth-order valence-electron chi connectivity index (χ4n) is 3.47. The lowest BCUT2D eigenvalue weighted by Gasteiger charge is -2.28. The van der Waals surface area contributed by atoms with Crippen LogP contribution in [0.5, 0.6) is 5.88 Å². The van der Waals surface area contributed by atoms with Gasteiger partial charge in [-0.1, -0.05) is 26.7 Å². The second kappa shape index (κ2) is 10.4. The Bertz CT molecular complexity index is 806. The normalized spacial score (nSPS) is 14.1. The minimum Gasteiger partial charge on any atom is -0.475 e. The number of aryl methyl sites for hydroxylation is 2. The van der Waals surface area contributed by atoms with E-state index in [9.17, 15) is 0 Å². The van der Waals surface area contributed by atoms with Gasteiger partial charge in [0.2, 0.25) is 0 Å². The average Bonchev–Trinajstić information content (AvgIpc) is 2.77. The van der Waals surface area contributed by atoms with E-state index in [1.54, 1.807) is 0 Å². The molecule has 3 heterocycles. The van der Waals surface area contributed by atoms with Crippen molar-refractivity contribution in [3.05, 3.63) is 23.5 Å². The van der Waals surface area contributed by atoms with Gasteiger partial charge in [0.05, 0.1) is 31.2 Å². The van der Waals surface area contributed by atoms with Crippen molar-refractivity contribution in [2.45, 2.75) is 46.5 Å². The molecule has 7 nitrogen and oxygen atoms in total. The summed E-state index contributed by atoms with van der Waals surface area (Å²) in [4.78, 5) is 16.8. The van der Waals surface area contributed by atoms with Gasteiger partial charge in [-0.15, -0.1) is 0 Å². The number of rotatable bonds is 9. The standard InChI is InChI=1S/C22H33N5O2/c1-5-7-8-13-29-22-21(23-4)26-20(18(6-2)25-22)17-9-10-19(24-16(17)3)27-11-14-28-15-12-27/h9-10H,5-8,11-15H2,1-4H3,(H,23,26). The lowest BCUT2D eigenvalue weighted by Crippen LogP contribution is -2.36. The third kappa shape index (κ3) is 5.15. The number of anilines is 2. The van der Waals surface area contributed by atoms with Crippen molar-refractivity contribution in [3.63, 3.8) is 0 Å². The summed E-state index contributed by atoms with van der Waals surface area (Å²) >= 11 is 0. The van der Waals surface area contributed by atoms with E-state index in [0.717, 1.165) is 74.0 Å². The molecule has 0 unspecified atom stereocenters. The minimum atomic E-state index is 0.583. The zero-order chi connectivity index (χ0) is 20.6. The molecule has 7 heteroatoms. The maximum absolute atomic E-state index is 5.92. The Morgan fingerprint density at radius 3 is 2.55 bits per heavy atom. The fraction of sp³-hybridized carbons (Fsp3) is 0.591. The molecule has 0 amide bonds. The van der Waals surface area contributed by atoms with Crippen LogP contribution in [0.25, 0.3) is 11.3 Å². The molecule has 0 aliphatic carbocycles. The van der Waals surface area contributed by atoms with Gasteiger partial charge in [0, 0.05) is 31.4 Å². The van der Waals surface area contributed by atoms with Crippen molar-refractivity contribution in [2.24, 2.45) is 0 Å². The highest BCUT2D eigenvalue weighted by molar-refractivity contribution is 5.68. The molecular weight excluding hydrogens is 366 g/mol. The molecule has 1 N–H and O–H groups in total. The van der Waals surface area contributed by atoms with Crippen molar-refractivity contribution < 1.29 is 9.47 Å². The molecular formula is C22H33N5O2. The quantitative estimate of drug-likeness (QED) is 0.642. The molecule has 158 valence electrons. The van der Waals surface area contributed by atoms with Gasteiger partial charge in [0.15, 0.2) is 5.82 Å². The van der Waals surface area contributed by atoms with Crippen LogP contribution < -0.4 is 15.0 Å². The first-order valence-electron chi connectivity index (χ1n) is 10.7. The zero-order valence-corrected chi connectivity index (χ0v) is 18.1. The summed E-state index contributed by atoms with van der Waals surface area (Å²) in [6.07, 6.45) is 4.13. The zero-order valence-electron chi connectivity index (χ0n) is 18.1. The monoisotopic (exact) mass is 399 g/mol. The third-order valence-corrected chi connectivity index (χ3v) is 5.16. The van der Waals surface area contributed by atoms with Crippen LogP contribution in [0.3, 0.4) is 0 Å². The molecule has 0 aromatic carbocycles. The molecule has 29 heavy (non-hydrogen) atoms. The summed E-state index contributed by atoms with van der Waals surface area (Å²) in [6.45, 7) is 10.2. The molecule has 1 fully saturated rings. The number of hydrogen-bond donors (Lipinski definition) is 1. The second-order valence-corrected chi connectivity index (χ2v) is 7.23. The van der Waals surface area contributed by atoms with E-state index in [1.807, 2.05) is 14.0 Å². The molecule has 1 aliphatic heterocycles. The Morgan fingerprint density at radius 1 is 1.10 bits per heavy atom. The topological polar surface area (TPSA) is 72.4 Å². The van der Waals surface area contributed by atoms with Crippen molar-refractivity contribution in [3.8, 4) is 17.1 Å². The van der Waals surface area contributed by atoms with E-state index in [2.05, 4.69) is 36.2 Å². The second-order valence-electron chi connectivity index (χ2n) is 7.23. The number of nitrogens with zero attached hydrogens (tertiary/aromatic N) is 4. The Balaban J connectivity index is 1.88. The molecule has 2 aromatic rings. The molecule has 2 aromatic heterocycles. The summed E-state index contributed by atoms with van der Waals surface area (Å²) in [5.74, 6) is 2.25. The van der Waals surface area contributed by atoms with Gasteiger partial charge in [0.25, 0.3) is 5.88 Å². The van der Waals surface area contributed by atoms with E-state index in [1.165, 1.54) is 6.42 Å². The van der Waals surface area contributed by atoms with Crippen LogP contribution in [0, 0.1) is 6.92 Å². The number of aromatic nitrogens is 3. The van der Waals surface area contributed by atoms with Crippen LogP contribution in [0.15, 0.2) is 12.1 Å². The maximum Gasteiger partial charge on any atom is 0.257 e. The predicted octanol–water partition coefficient (Wildman–Crippen LogP) is 3.86. The van der Waals surface area contributed by atoms with Gasteiger partial charge in [0.1, 0.15) is 5.82 Å². The van der Waals surface area contributed by atoms with Gasteiger partial charge >= 0.3 is 0 Å². The average molecular weight is 400 g/mol. The summed E-state index contributed by atoms with van der Waals surface area (Å²) in [5, 5.41) is 3.14. The molecule has 0 spiro atoms. The van der Waals surface area contributed by atoms with Crippen LogP contribution in [0.4, 0.5) is 11.6 Å². The number of morpholine rings is 1. The van der Waals surface area contributed by atoms with E-state index < -0.39 is 0 Å². The van der Waals surface area contributed by atoms with Crippen LogP contribution in [0.2, 0.25) is 0 Å². The number of ether oxygens (including phenoxy) is 2. The van der Waals surface area contributed by atoms with Crippen LogP contribution in [-0.2, 0) is 11.2 Å². The van der Waals surface area contributed by atoms with Gasteiger partial charge in [-0.3, -0.25) is 0 Å². The summed E-state index contributed by atoms with van der Waals surface area (Å²) in [7, 11) is 1.85. The van der Waals surface area contributed by atoms with Crippen molar-refractivity contribution >= 4 is 11.6 Å². The molecule has 0 radical (unpaired) electrons. The Morgan fingerprint density at radius 2 is 1.90 bits per heavy atom. The van der Waals surface area contributed by atoms with Crippen molar-refractivity contribution in [1.82, 2.24) is 15.0 Å². The number of unbranched alkanes of at least 4 members (excludes halogenated alkanes) is 2. The van der Waals surface area contributed by atoms with Gasteiger partial charge in [-0.05, 0) is 31.9 Å². The SMILES string of the molecule is CCCCCOc1nc(CC)c(-c2ccc(N3CCOCC3)nc2C)nc1NC. The molecule has 3 rings (SSSR count). The summed E-state index contributed by atoms with van der Waals surface area (Å²) in [6, 6.07) is 4.18. The Labute approximate surface area is 173 Å². The molecule has 0 bridgehead atoms. The van der Waals surface area contributed by atoms with E-state index in [-0.39, 0.29) is 0 Å². The highest BCUT2D eigenvalue weighted by atomic mass is 16.5. The fourth-order valence-corrected chi connectivity index (χ4v) is 3.47. The van der Waals surface area contributed by atoms with Crippen molar-refractivity contribution in [2.75, 3.05) is 50.2 Å². The highest BCUT2D eigenvalue weighted by Gasteiger charge is 2.19. The minimum absolute atomic E-state index is 0.583. The number of hydrogen-bond acceptors (Lipinski definition) is 7. The van der Waals surface area contributed by atoms with Crippen LogP contribution in [-0.4, -0.2) is 54.9 Å². The third-order valence-electron chi connectivity index (χ3n) is 5.16. The Kier molecular flexibility index (Phi) is 7.63. The first-order valence-corrected chi connectivity index (χ1v) is 10.7. The van der Waals surface area contributed by atoms with Gasteiger partial charge < -0.3 is 19.7 Å². The van der Waals surface area contributed by atoms with Crippen LogP contribution in [0.1, 0.15) is 44.5 Å². The maximum atomic E-state index is 5.92. The predicted molar refractivity (Wildman–Crippen MR) is 117 cm³/mol. The van der Waals surface area contributed by atoms with Crippen LogP contribution >= 0.6 is 0 Å². The number of nitrogens with one attached hydrogen (secondary N) is 1. The summed E-state index contributed by atoms with van der Waals surface area (Å²) in [5.41, 5.74) is 3.77. The van der Waals surface area contributed by atoms with E-state index in [0.29, 0.717) is 18.3 Å². The van der Waals surface area contributed by atoms with Crippen molar-refractivity contribution in [1.29, 1.82) is 0 Å². The first kappa shape index (κ1) is 21.3. The lowest BCUT2D eigenvalue weighted by atomic mass is 10.1. The highest BCUT2D eigenvalue weighted by Crippen LogP contribution is 2.31. The molecule has 1 aliphatic rings. The van der Waals surface area contributed by atoms with E-state index >= 15 is 0 Å². The van der Waals surface area contributed by atoms with Gasteiger partial charge in [-0.2, -0.15) is 0 Å². The molecule has 0 atom stereocenters. The largest absolute Gasteiger partial charge is 0.475 e. The smallest absolute Gasteiger partial charge is 0.257 e. The van der Waals surface area contributed by atoms with E-state index in [4.69, 9.17) is 24.4 Å². The first-order chi connectivity index (χ1) is 14.2. The Hall–Kier alpha value is -2.41. The summed E-state index contributed by atoms with van der Waals surface area (Å²) < 4.78 is 11.4. The van der Waals surface area contributed by atoms with Gasteiger partial charge in [-0.25, -0.2) is 15.0 Å². The molecule has 0 saturated carbocycles.